The Kier molecular flexibility index (Phi) is 8.53. The van der Waals surface area contributed by atoms with Crippen molar-refractivity contribution in [2.24, 2.45) is 0 Å². The first kappa shape index (κ1) is 25.2. The summed E-state index contributed by atoms with van der Waals surface area (Å²) in [7, 11) is 0. The van der Waals surface area contributed by atoms with E-state index in [1.807, 2.05) is 54.9 Å². The number of hydrogen-bond donors (Lipinski definition) is 1. The zero-order chi connectivity index (χ0) is 21.2. The predicted molar refractivity (Wildman–Crippen MR) is 138 cm³/mol. The number of para-hydroxylation sites is 1. The summed E-state index contributed by atoms with van der Waals surface area (Å²) < 4.78 is 6.19. The Labute approximate surface area is 213 Å². The monoisotopic (exact) mass is 519 g/mol. The van der Waals surface area contributed by atoms with Gasteiger partial charge in [0.05, 0.1) is 5.69 Å². The van der Waals surface area contributed by atoms with Gasteiger partial charge in [-0.2, -0.15) is 0 Å². The van der Waals surface area contributed by atoms with Crippen molar-refractivity contribution in [3.8, 4) is 11.5 Å². The van der Waals surface area contributed by atoms with E-state index >= 15 is 0 Å². The molecule has 0 unspecified atom stereocenters. The molecule has 0 spiro atoms. The number of nitrogens with zero attached hydrogens (tertiary/aromatic N) is 4. The van der Waals surface area contributed by atoms with Gasteiger partial charge < -0.3 is 10.1 Å². The molecule has 0 aliphatic heterocycles. The molecule has 1 N–H and O–H groups in total. The first-order valence-electron chi connectivity index (χ1n) is 10.1. The average Bonchev–Trinajstić information content (AvgIpc) is 3.36. The molecule has 0 bridgehead atoms. The molecule has 10 heteroatoms. The standard InChI is InChI=1S/C23H21N5OS2.2ClH/c1-14-8-9-18-20(14)22(26-13-25-18)31-17-10-19(29-16-6-4-3-5-7-16)21(24-11-17)28-23-27-15(2)12-30-23;;/h3-7,10-14H,8-9H2,1-2H3,(H,24,27,28);2*1H/t14-;;/m1../s1. The number of aromatic nitrogens is 4. The molecule has 6 nitrogen and oxygen atoms in total. The van der Waals surface area contributed by atoms with Gasteiger partial charge in [-0.05, 0) is 37.8 Å². The highest BCUT2D eigenvalue weighted by molar-refractivity contribution is 7.99. The van der Waals surface area contributed by atoms with Crippen LogP contribution in [0.15, 0.2) is 64.2 Å². The molecule has 3 heterocycles. The summed E-state index contributed by atoms with van der Waals surface area (Å²) in [5.74, 6) is 2.49. The van der Waals surface area contributed by atoms with Crippen molar-refractivity contribution in [2.75, 3.05) is 5.32 Å². The van der Waals surface area contributed by atoms with E-state index in [0.717, 1.165) is 45.0 Å². The van der Waals surface area contributed by atoms with Gasteiger partial charge in [0, 0.05) is 33.8 Å². The normalized spacial score (nSPS) is 14.1. The Bertz CT molecular complexity index is 1220. The predicted octanol–water partition coefficient (Wildman–Crippen LogP) is 7.22. The Morgan fingerprint density at radius 1 is 1.12 bits per heavy atom. The van der Waals surface area contributed by atoms with Gasteiger partial charge >= 0.3 is 0 Å². The lowest BCUT2D eigenvalue weighted by Crippen LogP contribution is -1.99. The third-order valence-corrected chi connectivity index (χ3v) is 6.95. The molecule has 0 saturated carbocycles. The van der Waals surface area contributed by atoms with E-state index in [-0.39, 0.29) is 24.8 Å². The lowest BCUT2D eigenvalue weighted by atomic mass is 10.1. The van der Waals surface area contributed by atoms with Crippen molar-refractivity contribution in [3.63, 3.8) is 0 Å². The topological polar surface area (TPSA) is 72.8 Å². The number of thiazole rings is 1. The molecule has 172 valence electrons. The van der Waals surface area contributed by atoms with Crippen molar-refractivity contribution in [1.29, 1.82) is 0 Å². The van der Waals surface area contributed by atoms with E-state index in [1.54, 1.807) is 18.1 Å². The highest BCUT2D eigenvalue weighted by atomic mass is 35.5. The summed E-state index contributed by atoms with van der Waals surface area (Å²) in [6.45, 7) is 4.21. The van der Waals surface area contributed by atoms with Gasteiger partial charge in [-0.15, -0.1) is 36.2 Å². The van der Waals surface area contributed by atoms with Gasteiger partial charge in [-0.3, -0.25) is 0 Å². The third kappa shape index (κ3) is 5.76. The molecular weight excluding hydrogens is 497 g/mol. The van der Waals surface area contributed by atoms with Crippen molar-refractivity contribution >= 4 is 58.9 Å². The minimum atomic E-state index is 0. The Balaban J connectivity index is 0.00000153. The van der Waals surface area contributed by atoms with Gasteiger partial charge in [0.15, 0.2) is 16.7 Å². The highest BCUT2D eigenvalue weighted by Crippen LogP contribution is 2.41. The van der Waals surface area contributed by atoms with Crippen molar-refractivity contribution in [1.82, 2.24) is 19.9 Å². The summed E-state index contributed by atoms with van der Waals surface area (Å²) >= 11 is 3.15. The molecular formula is C23H23Cl2N5OS2. The fourth-order valence-corrected chi connectivity index (χ4v) is 5.29. The smallest absolute Gasteiger partial charge is 0.188 e. The van der Waals surface area contributed by atoms with E-state index in [0.29, 0.717) is 17.5 Å². The molecule has 0 radical (unpaired) electrons. The molecule has 1 aromatic carbocycles. The number of benzene rings is 1. The van der Waals surface area contributed by atoms with Crippen LogP contribution in [0.1, 0.15) is 36.2 Å². The van der Waals surface area contributed by atoms with Crippen LogP contribution in [0.3, 0.4) is 0 Å². The van der Waals surface area contributed by atoms with Crippen LogP contribution < -0.4 is 10.1 Å². The Morgan fingerprint density at radius 2 is 1.94 bits per heavy atom. The maximum atomic E-state index is 6.19. The molecule has 3 aromatic heterocycles. The van der Waals surface area contributed by atoms with E-state index in [9.17, 15) is 0 Å². The third-order valence-electron chi connectivity index (χ3n) is 5.09. The minimum Gasteiger partial charge on any atom is -0.453 e. The van der Waals surface area contributed by atoms with Crippen molar-refractivity contribution in [2.45, 2.75) is 42.5 Å². The maximum absolute atomic E-state index is 6.19. The number of halogens is 2. The molecule has 1 aliphatic carbocycles. The second-order valence-electron chi connectivity index (χ2n) is 7.43. The van der Waals surface area contributed by atoms with Crippen LogP contribution in [-0.4, -0.2) is 19.9 Å². The number of fused-ring (bicyclic) bond motifs is 1. The van der Waals surface area contributed by atoms with Crippen LogP contribution in [-0.2, 0) is 6.42 Å². The molecule has 1 aliphatic rings. The second kappa shape index (κ2) is 11.2. The highest BCUT2D eigenvalue weighted by Gasteiger charge is 2.24. The molecule has 5 rings (SSSR count). The van der Waals surface area contributed by atoms with E-state index in [4.69, 9.17) is 4.74 Å². The Hall–Kier alpha value is -2.39. The molecule has 0 fully saturated rings. The van der Waals surface area contributed by atoms with Gasteiger partial charge in [0.25, 0.3) is 0 Å². The fraction of sp³-hybridized carbons (Fsp3) is 0.217. The van der Waals surface area contributed by atoms with Crippen LogP contribution in [0.25, 0.3) is 0 Å². The number of nitrogens with one attached hydrogen (secondary N) is 1. The van der Waals surface area contributed by atoms with Gasteiger partial charge in [-0.1, -0.05) is 36.9 Å². The number of ether oxygens (including phenoxy) is 1. The molecule has 33 heavy (non-hydrogen) atoms. The first-order chi connectivity index (χ1) is 15.2. The lowest BCUT2D eigenvalue weighted by Gasteiger charge is -2.13. The van der Waals surface area contributed by atoms with Gasteiger partial charge in [0.2, 0.25) is 0 Å². The van der Waals surface area contributed by atoms with Crippen molar-refractivity contribution in [3.05, 3.63) is 71.3 Å². The van der Waals surface area contributed by atoms with Crippen LogP contribution in [0.5, 0.6) is 11.5 Å². The summed E-state index contributed by atoms with van der Waals surface area (Å²) in [5, 5.41) is 7.07. The van der Waals surface area contributed by atoms with Crippen molar-refractivity contribution < 1.29 is 4.74 Å². The lowest BCUT2D eigenvalue weighted by molar-refractivity contribution is 0.481. The number of anilines is 2. The summed E-state index contributed by atoms with van der Waals surface area (Å²) in [4.78, 5) is 19.1. The van der Waals surface area contributed by atoms with Crippen LogP contribution >= 0.6 is 47.9 Å². The van der Waals surface area contributed by atoms with Gasteiger partial charge in [-0.25, -0.2) is 19.9 Å². The second-order valence-corrected chi connectivity index (χ2v) is 9.35. The Morgan fingerprint density at radius 3 is 2.70 bits per heavy atom. The summed E-state index contributed by atoms with van der Waals surface area (Å²) in [5.41, 5.74) is 3.39. The number of aryl methyl sites for hydroxylation is 2. The van der Waals surface area contributed by atoms with E-state index in [2.05, 4.69) is 32.2 Å². The van der Waals surface area contributed by atoms with Gasteiger partial charge in [0.1, 0.15) is 17.1 Å². The van der Waals surface area contributed by atoms with E-state index in [1.165, 1.54) is 16.9 Å². The largest absolute Gasteiger partial charge is 0.453 e. The molecule has 4 aromatic rings. The fourth-order valence-electron chi connectivity index (χ4n) is 3.58. The number of pyridine rings is 1. The molecule has 0 amide bonds. The zero-order valence-electron chi connectivity index (χ0n) is 18.0. The summed E-state index contributed by atoms with van der Waals surface area (Å²) in [6, 6.07) is 11.7. The maximum Gasteiger partial charge on any atom is 0.188 e. The molecule has 1 atom stereocenters. The minimum absolute atomic E-state index is 0. The van der Waals surface area contributed by atoms with Crippen LogP contribution in [0, 0.1) is 6.92 Å². The summed E-state index contributed by atoms with van der Waals surface area (Å²) in [6.07, 6.45) is 5.65. The average molecular weight is 521 g/mol. The van der Waals surface area contributed by atoms with E-state index < -0.39 is 0 Å². The zero-order valence-corrected chi connectivity index (χ0v) is 21.3. The SMILES string of the molecule is Cc1csc(Nc2ncc(Sc3ncnc4c3[C@H](C)CC4)cc2Oc2ccccc2)n1.Cl.Cl. The quantitative estimate of drug-likeness (QED) is 0.269. The van der Waals surface area contributed by atoms with Crippen LogP contribution in [0.2, 0.25) is 0 Å². The number of rotatable bonds is 6. The number of hydrogen-bond acceptors (Lipinski definition) is 8. The molecule has 0 saturated heterocycles. The first-order valence-corrected chi connectivity index (χ1v) is 11.8. The van der Waals surface area contributed by atoms with Crippen LogP contribution in [0.4, 0.5) is 10.9 Å².